The third-order valence-corrected chi connectivity index (χ3v) is 1.66. The Morgan fingerprint density at radius 1 is 1.70 bits per heavy atom. The minimum absolute atomic E-state index is 0.692. The van der Waals surface area contributed by atoms with Crippen LogP contribution in [0.25, 0.3) is 6.08 Å². The lowest BCUT2D eigenvalue weighted by Crippen LogP contribution is -1.82. The molecule has 0 aliphatic heterocycles. The minimum Gasteiger partial charge on any atom is -0.259 e. The van der Waals surface area contributed by atoms with Gasteiger partial charge in [0.1, 0.15) is 0 Å². The Hall–Kier alpha value is -0.820. The molecule has 1 rings (SSSR count). The van der Waals surface area contributed by atoms with Crippen molar-refractivity contribution in [3.8, 4) is 0 Å². The molecular weight excluding hydrogens is 146 g/mol. The molecule has 0 aliphatic carbocycles. The molecule has 0 saturated heterocycles. The minimum atomic E-state index is 0.692. The molecule has 0 amide bonds. The van der Waals surface area contributed by atoms with Crippen molar-refractivity contribution in [3.05, 3.63) is 35.1 Å². The van der Waals surface area contributed by atoms with Crippen LogP contribution in [0, 0.1) is 6.92 Å². The Kier molecular flexibility index (Phi) is 2.07. The SMILES string of the molecule is C=Cc1cnc(C)c(Cl)c1. The molecule has 0 fully saturated rings. The molecule has 52 valence electrons. The van der Waals surface area contributed by atoms with Gasteiger partial charge in [-0.2, -0.15) is 0 Å². The van der Waals surface area contributed by atoms with E-state index in [9.17, 15) is 0 Å². The highest BCUT2D eigenvalue weighted by Crippen LogP contribution is 2.13. The highest BCUT2D eigenvalue weighted by Gasteiger charge is 1.94. The van der Waals surface area contributed by atoms with Gasteiger partial charge in [0.15, 0.2) is 0 Å². The smallest absolute Gasteiger partial charge is 0.0624 e. The molecule has 0 radical (unpaired) electrons. The molecular formula is C8H8ClN. The average Bonchev–Trinajstić information content (AvgIpc) is 1.95. The van der Waals surface area contributed by atoms with Crippen LogP contribution in [0.4, 0.5) is 0 Å². The molecule has 0 atom stereocenters. The Morgan fingerprint density at radius 3 is 2.90 bits per heavy atom. The van der Waals surface area contributed by atoms with E-state index < -0.39 is 0 Å². The fraction of sp³-hybridized carbons (Fsp3) is 0.125. The van der Waals surface area contributed by atoms with Crippen molar-refractivity contribution < 1.29 is 0 Å². The molecule has 0 unspecified atom stereocenters. The normalized spacial score (nSPS) is 9.40. The lowest BCUT2D eigenvalue weighted by molar-refractivity contribution is 1.19. The van der Waals surface area contributed by atoms with Crippen LogP contribution in [0.3, 0.4) is 0 Å². The summed E-state index contributed by atoms with van der Waals surface area (Å²) in [6.45, 7) is 5.47. The van der Waals surface area contributed by atoms with Crippen molar-refractivity contribution >= 4 is 17.7 Å². The first-order valence-electron chi connectivity index (χ1n) is 2.98. The summed E-state index contributed by atoms with van der Waals surface area (Å²) in [5.41, 5.74) is 1.81. The maximum Gasteiger partial charge on any atom is 0.0624 e. The molecule has 10 heavy (non-hydrogen) atoms. The van der Waals surface area contributed by atoms with Crippen LogP contribution in [0.1, 0.15) is 11.3 Å². The van der Waals surface area contributed by atoms with Crippen LogP contribution in [0.15, 0.2) is 18.8 Å². The van der Waals surface area contributed by atoms with Crippen molar-refractivity contribution in [2.75, 3.05) is 0 Å². The van der Waals surface area contributed by atoms with Gasteiger partial charge in [-0.25, -0.2) is 0 Å². The Balaban J connectivity index is 3.16. The fourth-order valence-electron chi connectivity index (χ4n) is 0.633. The van der Waals surface area contributed by atoms with Gasteiger partial charge >= 0.3 is 0 Å². The van der Waals surface area contributed by atoms with Crippen molar-refractivity contribution in [2.45, 2.75) is 6.92 Å². The summed E-state index contributed by atoms with van der Waals surface area (Å²) in [5.74, 6) is 0. The molecule has 1 nitrogen and oxygen atoms in total. The Morgan fingerprint density at radius 2 is 2.40 bits per heavy atom. The maximum atomic E-state index is 5.78. The predicted octanol–water partition coefficient (Wildman–Crippen LogP) is 2.69. The first kappa shape index (κ1) is 7.29. The van der Waals surface area contributed by atoms with E-state index in [2.05, 4.69) is 11.6 Å². The van der Waals surface area contributed by atoms with E-state index in [0.29, 0.717) is 5.02 Å². The topological polar surface area (TPSA) is 12.9 Å². The second-order valence-electron chi connectivity index (χ2n) is 2.04. The Bertz CT molecular complexity index is 255. The van der Waals surface area contributed by atoms with Gasteiger partial charge in [0.25, 0.3) is 0 Å². The van der Waals surface area contributed by atoms with Crippen molar-refractivity contribution in [1.82, 2.24) is 4.98 Å². The highest BCUT2D eigenvalue weighted by molar-refractivity contribution is 6.31. The molecule has 0 N–H and O–H groups in total. The summed E-state index contributed by atoms with van der Waals surface area (Å²) in [6.07, 6.45) is 3.46. The number of hydrogen-bond acceptors (Lipinski definition) is 1. The van der Waals surface area contributed by atoms with Crippen molar-refractivity contribution in [2.24, 2.45) is 0 Å². The largest absolute Gasteiger partial charge is 0.259 e. The maximum absolute atomic E-state index is 5.78. The third kappa shape index (κ3) is 1.36. The lowest BCUT2D eigenvalue weighted by Gasteiger charge is -1.96. The van der Waals surface area contributed by atoms with E-state index in [1.165, 1.54) is 0 Å². The number of halogens is 1. The van der Waals surface area contributed by atoms with Crippen LogP contribution in [-0.2, 0) is 0 Å². The average molecular weight is 154 g/mol. The van der Waals surface area contributed by atoms with E-state index in [-0.39, 0.29) is 0 Å². The van der Waals surface area contributed by atoms with Gasteiger partial charge in [0, 0.05) is 6.20 Å². The molecule has 1 aromatic heterocycles. The quantitative estimate of drug-likeness (QED) is 0.605. The van der Waals surface area contributed by atoms with Gasteiger partial charge in [-0.1, -0.05) is 24.3 Å². The van der Waals surface area contributed by atoms with Gasteiger partial charge in [0.2, 0.25) is 0 Å². The highest BCUT2D eigenvalue weighted by atomic mass is 35.5. The standard InChI is InChI=1S/C8H8ClN/c1-3-7-4-8(9)6(2)10-5-7/h3-5H,1H2,2H3. The Labute approximate surface area is 65.4 Å². The zero-order chi connectivity index (χ0) is 7.56. The van der Waals surface area contributed by atoms with Crippen LogP contribution < -0.4 is 0 Å². The van der Waals surface area contributed by atoms with E-state index >= 15 is 0 Å². The molecule has 0 bridgehead atoms. The molecule has 0 saturated carbocycles. The molecule has 1 aromatic rings. The molecule has 0 aliphatic rings. The molecule has 2 heteroatoms. The van der Waals surface area contributed by atoms with Crippen LogP contribution in [0.5, 0.6) is 0 Å². The first-order chi connectivity index (χ1) is 4.74. The summed E-state index contributed by atoms with van der Waals surface area (Å²) < 4.78 is 0. The van der Waals surface area contributed by atoms with E-state index in [0.717, 1.165) is 11.3 Å². The summed E-state index contributed by atoms with van der Waals surface area (Å²) in [4.78, 5) is 4.05. The zero-order valence-electron chi connectivity index (χ0n) is 5.76. The number of hydrogen-bond donors (Lipinski definition) is 0. The third-order valence-electron chi connectivity index (χ3n) is 1.28. The van der Waals surface area contributed by atoms with Gasteiger partial charge in [0.05, 0.1) is 10.7 Å². The van der Waals surface area contributed by atoms with E-state index in [1.54, 1.807) is 12.3 Å². The van der Waals surface area contributed by atoms with Gasteiger partial charge < -0.3 is 0 Å². The lowest BCUT2D eigenvalue weighted by atomic mass is 10.2. The molecule has 0 aromatic carbocycles. The van der Waals surface area contributed by atoms with Gasteiger partial charge in [-0.15, -0.1) is 0 Å². The summed E-state index contributed by atoms with van der Waals surface area (Å²) in [6, 6.07) is 1.84. The zero-order valence-corrected chi connectivity index (χ0v) is 6.52. The monoisotopic (exact) mass is 153 g/mol. The summed E-state index contributed by atoms with van der Waals surface area (Å²) in [7, 11) is 0. The number of rotatable bonds is 1. The van der Waals surface area contributed by atoms with Crippen molar-refractivity contribution in [3.63, 3.8) is 0 Å². The summed E-state index contributed by atoms with van der Waals surface area (Å²) in [5, 5.41) is 0.692. The van der Waals surface area contributed by atoms with Crippen molar-refractivity contribution in [1.29, 1.82) is 0 Å². The summed E-state index contributed by atoms with van der Waals surface area (Å²) >= 11 is 5.78. The van der Waals surface area contributed by atoms with E-state index in [1.807, 2.05) is 13.0 Å². The number of aromatic nitrogens is 1. The van der Waals surface area contributed by atoms with Gasteiger partial charge in [-0.05, 0) is 18.6 Å². The molecule has 0 spiro atoms. The fourth-order valence-corrected chi connectivity index (χ4v) is 0.807. The second-order valence-corrected chi connectivity index (χ2v) is 2.45. The first-order valence-corrected chi connectivity index (χ1v) is 3.36. The number of pyridine rings is 1. The van der Waals surface area contributed by atoms with E-state index in [4.69, 9.17) is 11.6 Å². The van der Waals surface area contributed by atoms with Gasteiger partial charge in [-0.3, -0.25) is 4.98 Å². The van der Waals surface area contributed by atoms with Crippen LogP contribution in [-0.4, -0.2) is 4.98 Å². The predicted molar refractivity (Wildman–Crippen MR) is 44.1 cm³/mol. The van der Waals surface area contributed by atoms with Crippen LogP contribution in [0.2, 0.25) is 5.02 Å². The number of nitrogens with zero attached hydrogens (tertiary/aromatic N) is 1. The van der Waals surface area contributed by atoms with Crippen LogP contribution >= 0.6 is 11.6 Å². The molecule has 1 heterocycles. The number of aryl methyl sites for hydroxylation is 1. The second kappa shape index (κ2) is 2.84.